The van der Waals surface area contributed by atoms with Crippen LogP contribution in [0.5, 0.6) is 0 Å². The van der Waals surface area contributed by atoms with Crippen molar-refractivity contribution in [3.63, 3.8) is 0 Å². The standard InChI is InChI=1S/C14H16N4/c1-2-6-11(5-1)17-14-16-10-8-13(18-14)12-7-3-4-9-15-12/h3-4,7-11H,1-2,5-6H2,(H,16,17,18). The van der Waals surface area contributed by atoms with Crippen LogP contribution < -0.4 is 5.32 Å². The Kier molecular flexibility index (Phi) is 3.17. The third kappa shape index (κ3) is 2.47. The summed E-state index contributed by atoms with van der Waals surface area (Å²) in [6, 6.07) is 8.25. The van der Waals surface area contributed by atoms with Crippen molar-refractivity contribution in [1.29, 1.82) is 0 Å². The first-order valence-electron chi connectivity index (χ1n) is 6.43. The lowest BCUT2D eigenvalue weighted by Gasteiger charge is -2.11. The van der Waals surface area contributed by atoms with Crippen molar-refractivity contribution in [2.75, 3.05) is 5.32 Å². The average molecular weight is 240 g/mol. The lowest BCUT2D eigenvalue weighted by molar-refractivity contribution is 0.744. The lowest BCUT2D eigenvalue weighted by Crippen LogP contribution is -2.16. The highest BCUT2D eigenvalue weighted by molar-refractivity contribution is 5.54. The number of aromatic nitrogens is 3. The quantitative estimate of drug-likeness (QED) is 0.896. The van der Waals surface area contributed by atoms with E-state index in [1.165, 1.54) is 25.7 Å². The fraction of sp³-hybridized carbons (Fsp3) is 0.357. The second-order valence-electron chi connectivity index (χ2n) is 4.61. The first-order valence-corrected chi connectivity index (χ1v) is 6.43. The van der Waals surface area contributed by atoms with Gasteiger partial charge in [-0.2, -0.15) is 0 Å². The molecule has 0 atom stereocenters. The van der Waals surface area contributed by atoms with Gasteiger partial charge < -0.3 is 5.32 Å². The largest absolute Gasteiger partial charge is 0.351 e. The van der Waals surface area contributed by atoms with Gasteiger partial charge in [0.25, 0.3) is 0 Å². The average Bonchev–Trinajstić information content (AvgIpc) is 2.93. The summed E-state index contributed by atoms with van der Waals surface area (Å²) in [4.78, 5) is 13.1. The molecule has 0 saturated heterocycles. The highest BCUT2D eigenvalue weighted by Crippen LogP contribution is 2.21. The minimum atomic E-state index is 0.531. The molecular weight excluding hydrogens is 224 g/mol. The smallest absolute Gasteiger partial charge is 0.223 e. The summed E-state index contributed by atoms with van der Waals surface area (Å²) in [7, 11) is 0. The fourth-order valence-electron chi connectivity index (χ4n) is 2.34. The van der Waals surface area contributed by atoms with E-state index in [-0.39, 0.29) is 0 Å². The van der Waals surface area contributed by atoms with Crippen molar-refractivity contribution in [1.82, 2.24) is 15.0 Å². The zero-order chi connectivity index (χ0) is 12.2. The van der Waals surface area contributed by atoms with Crippen LogP contribution in [0.2, 0.25) is 0 Å². The zero-order valence-electron chi connectivity index (χ0n) is 10.2. The third-order valence-electron chi connectivity index (χ3n) is 3.27. The molecule has 2 aromatic heterocycles. The Hall–Kier alpha value is -1.97. The van der Waals surface area contributed by atoms with Crippen molar-refractivity contribution < 1.29 is 0 Å². The summed E-state index contributed by atoms with van der Waals surface area (Å²) in [5, 5.41) is 3.40. The zero-order valence-corrected chi connectivity index (χ0v) is 10.2. The maximum Gasteiger partial charge on any atom is 0.223 e. The van der Waals surface area contributed by atoms with E-state index in [9.17, 15) is 0 Å². The summed E-state index contributed by atoms with van der Waals surface area (Å²) < 4.78 is 0. The second kappa shape index (κ2) is 5.12. The minimum Gasteiger partial charge on any atom is -0.351 e. The summed E-state index contributed by atoms with van der Waals surface area (Å²) in [6.07, 6.45) is 8.61. The number of rotatable bonds is 3. The number of hydrogen-bond acceptors (Lipinski definition) is 4. The summed E-state index contributed by atoms with van der Waals surface area (Å²) >= 11 is 0. The SMILES string of the molecule is c1ccc(-c2ccnc(NC3CCCC3)n2)nc1. The minimum absolute atomic E-state index is 0.531. The molecule has 0 aromatic carbocycles. The molecule has 1 aliphatic carbocycles. The maximum atomic E-state index is 4.52. The molecule has 4 nitrogen and oxygen atoms in total. The van der Waals surface area contributed by atoms with Gasteiger partial charge in [-0.3, -0.25) is 4.98 Å². The van der Waals surface area contributed by atoms with Crippen LogP contribution in [-0.2, 0) is 0 Å². The van der Waals surface area contributed by atoms with E-state index in [0.717, 1.165) is 11.4 Å². The molecule has 1 fully saturated rings. The molecule has 4 heteroatoms. The van der Waals surface area contributed by atoms with Crippen LogP contribution in [-0.4, -0.2) is 21.0 Å². The highest BCUT2D eigenvalue weighted by atomic mass is 15.1. The number of nitrogens with one attached hydrogen (secondary N) is 1. The first kappa shape index (κ1) is 11.1. The molecule has 92 valence electrons. The third-order valence-corrected chi connectivity index (χ3v) is 3.27. The van der Waals surface area contributed by atoms with Crippen molar-refractivity contribution in [2.45, 2.75) is 31.7 Å². The number of nitrogens with zero attached hydrogens (tertiary/aromatic N) is 3. The van der Waals surface area contributed by atoms with E-state index in [0.29, 0.717) is 12.0 Å². The van der Waals surface area contributed by atoms with Crippen molar-refractivity contribution in [3.05, 3.63) is 36.7 Å². The Balaban J connectivity index is 1.80. The molecule has 1 N–H and O–H groups in total. The van der Waals surface area contributed by atoms with Gasteiger partial charge in [-0.05, 0) is 31.0 Å². The maximum absolute atomic E-state index is 4.52. The van der Waals surface area contributed by atoms with Gasteiger partial charge in [0.05, 0.1) is 11.4 Å². The monoisotopic (exact) mass is 240 g/mol. The van der Waals surface area contributed by atoms with Crippen molar-refractivity contribution >= 4 is 5.95 Å². The lowest BCUT2D eigenvalue weighted by atomic mass is 10.2. The highest BCUT2D eigenvalue weighted by Gasteiger charge is 2.15. The molecule has 0 radical (unpaired) electrons. The predicted octanol–water partition coefficient (Wildman–Crippen LogP) is 2.89. The Morgan fingerprint density at radius 1 is 0.944 bits per heavy atom. The van der Waals surface area contributed by atoms with Crippen LogP contribution in [0.3, 0.4) is 0 Å². The molecule has 0 aliphatic heterocycles. The predicted molar refractivity (Wildman–Crippen MR) is 71.1 cm³/mol. The Labute approximate surface area is 107 Å². The van der Waals surface area contributed by atoms with Crippen LogP contribution in [0.25, 0.3) is 11.4 Å². The van der Waals surface area contributed by atoms with Gasteiger partial charge in [0.1, 0.15) is 0 Å². The molecule has 0 unspecified atom stereocenters. The van der Waals surface area contributed by atoms with Gasteiger partial charge in [-0.15, -0.1) is 0 Å². The van der Waals surface area contributed by atoms with Crippen LogP contribution in [0, 0.1) is 0 Å². The molecule has 3 rings (SSSR count). The molecule has 2 heterocycles. The van der Waals surface area contributed by atoms with Crippen LogP contribution >= 0.6 is 0 Å². The number of anilines is 1. The molecule has 0 amide bonds. The first-order chi connectivity index (χ1) is 8.92. The van der Waals surface area contributed by atoms with E-state index in [2.05, 4.69) is 20.3 Å². The molecule has 2 aromatic rings. The van der Waals surface area contributed by atoms with Crippen LogP contribution in [0.1, 0.15) is 25.7 Å². The van der Waals surface area contributed by atoms with Gasteiger partial charge in [-0.25, -0.2) is 9.97 Å². The summed E-state index contributed by atoms with van der Waals surface area (Å²) in [5.41, 5.74) is 1.75. The Morgan fingerprint density at radius 3 is 2.61 bits per heavy atom. The molecule has 18 heavy (non-hydrogen) atoms. The van der Waals surface area contributed by atoms with E-state index in [1.807, 2.05) is 24.3 Å². The fourth-order valence-corrected chi connectivity index (χ4v) is 2.34. The van der Waals surface area contributed by atoms with E-state index in [4.69, 9.17) is 0 Å². The second-order valence-corrected chi connectivity index (χ2v) is 4.61. The van der Waals surface area contributed by atoms with Gasteiger partial charge in [0.2, 0.25) is 5.95 Å². The number of pyridine rings is 1. The molecule has 0 spiro atoms. The number of hydrogen-bond donors (Lipinski definition) is 1. The van der Waals surface area contributed by atoms with Gasteiger partial charge >= 0.3 is 0 Å². The Bertz CT molecular complexity index is 506. The normalized spacial score (nSPS) is 15.8. The van der Waals surface area contributed by atoms with Gasteiger partial charge in [0, 0.05) is 18.4 Å². The van der Waals surface area contributed by atoms with Crippen LogP contribution in [0.15, 0.2) is 36.7 Å². The van der Waals surface area contributed by atoms with Crippen LogP contribution in [0.4, 0.5) is 5.95 Å². The summed E-state index contributed by atoms with van der Waals surface area (Å²) in [5.74, 6) is 0.713. The Morgan fingerprint density at radius 2 is 1.83 bits per heavy atom. The van der Waals surface area contributed by atoms with Gasteiger partial charge in [-0.1, -0.05) is 18.9 Å². The topological polar surface area (TPSA) is 50.7 Å². The molecular formula is C14H16N4. The molecule has 1 aliphatic rings. The molecule has 1 saturated carbocycles. The van der Waals surface area contributed by atoms with Gasteiger partial charge in [0.15, 0.2) is 0 Å². The van der Waals surface area contributed by atoms with Crippen molar-refractivity contribution in [2.24, 2.45) is 0 Å². The van der Waals surface area contributed by atoms with Crippen molar-refractivity contribution in [3.8, 4) is 11.4 Å². The molecule has 0 bridgehead atoms. The van der Waals surface area contributed by atoms with E-state index >= 15 is 0 Å². The van der Waals surface area contributed by atoms with E-state index < -0.39 is 0 Å². The van der Waals surface area contributed by atoms with E-state index in [1.54, 1.807) is 12.4 Å². The summed E-state index contributed by atoms with van der Waals surface area (Å²) in [6.45, 7) is 0.